The van der Waals surface area contributed by atoms with E-state index in [9.17, 15) is 14.7 Å². The third-order valence-corrected chi connectivity index (χ3v) is 3.29. The minimum Gasteiger partial charge on any atom is -0.467 e. The van der Waals surface area contributed by atoms with E-state index in [1.807, 2.05) is 37.3 Å². The van der Waals surface area contributed by atoms with Gasteiger partial charge < -0.3 is 20.5 Å². The molecule has 0 bridgehead atoms. The van der Waals surface area contributed by atoms with Crippen molar-refractivity contribution >= 4 is 11.9 Å². The highest BCUT2D eigenvalue weighted by atomic mass is 16.5. The molecule has 21 heavy (non-hydrogen) atoms. The number of ether oxygens (including phenoxy) is 1. The molecule has 1 aromatic carbocycles. The number of aliphatic hydroxyl groups excluding tert-OH is 1. The summed E-state index contributed by atoms with van der Waals surface area (Å²) in [7, 11) is 1.26. The lowest BCUT2D eigenvalue weighted by atomic mass is 9.92. The van der Waals surface area contributed by atoms with Gasteiger partial charge in [-0.3, -0.25) is 4.79 Å². The molecule has 0 saturated heterocycles. The smallest absolute Gasteiger partial charge is 0.329 e. The topological polar surface area (TPSA) is 87.7 Å². The van der Waals surface area contributed by atoms with Crippen LogP contribution in [0.3, 0.4) is 0 Å². The minimum atomic E-state index is -0.804. The van der Waals surface area contributed by atoms with Crippen molar-refractivity contribution < 1.29 is 19.4 Å². The van der Waals surface area contributed by atoms with Crippen molar-refractivity contribution in [3.8, 4) is 0 Å². The number of methoxy groups -OCH3 is 1. The molecule has 2 unspecified atom stereocenters. The largest absolute Gasteiger partial charge is 0.467 e. The zero-order chi connectivity index (χ0) is 15.9. The van der Waals surface area contributed by atoms with Gasteiger partial charge in [-0.2, -0.15) is 0 Å². The van der Waals surface area contributed by atoms with E-state index >= 15 is 0 Å². The summed E-state index contributed by atoms with van der Waals surface area (Å²) in [6, 6.07) is 8.59. The summed E-state index contributed by atoms with van der Waals surface area (Å²) in [5, 5.41) is 15.3. The number of carbonyl (C=O) groups excluding carboxylic acids is 2. The quantitative estimate of drug-likeness (QED) is 0.624. The van der Waals surface area contributed by atoms with Crippen molar-refractivity contribution in [2.45, 2.75) is 25.4 Å². The molecule has 0 spiro atoms. The molecule has 0 radical (unpaired) electrons. The maximum Gasteiger partial charge on any atom is 0.329 e. The molecule has 6 nitrogen and oxygen atoms in total. The van der Waals surface area contributed by atoms with E-state index in [0.29, 0.717) is 0 Å². The first kappa shape index (κ1) is 17.1. The zero-order valence-electron chi connectivity index (χ0n) is 12.6. The van der Waals surface area contributed by atoms with Crippen LogP contribution in [0.1, 0.15) is 19.4 Å². The summed E-state index contributed by atoms with van der Waals surface area (Å²) < 4.78 is 4.66. The van der Waals surface area contributed by atoms with Gasteiger partial charge in [0, 0.05) is 13.5 Å². The number of rotatable bonds is 7. The normalized spacial score (nSPS) is 14.9. The number of hydrogen-bond donors (Lipinski definition) is 3. The Morgan fingerprint density at radius 2 is 1.95 bits per heavy atom. The molecule has 1 rings (SSSR count). The molecular weight excluding hydrogens is 272 g/mol. The fourth-order valence-corrected chi connectivity index (χ4v) is 1.96. The van der Waals surface area contributed by atoms with Gasteiger partial charge in [0.1, 0.15) is 6.04 Å². The molecule has 0 aliphatic rings. The average molecular weight is 294 g/mol. The molecular formula is C15H22N2O4. The Bertz CT molecular complexity index is 478. The number of carbonyl (C=O) groups is 2. The standard InChI is InChI=1S/C15H22N2O4/c1-11(19)17-13(14(20)21-3)9-16-15(2,10-18)12-7-5-4-6-8-12/h4-8,13,16,18H,9-10H2,1-3H3,(H,17,19). The minimum absolute atomic E-state index is 0.148. The van der Waals surface area contributed by atoms with Gasteiger partial charge in [-0.15, -0.1) is 0 Å². The van der Waals surface area contributed by atoms with E-state index < -0.39 is 17.6 Å². The fourth-order valence-electron chi connectivity index (χ4n) is 1.96. The Hall–Kier alpha value is -1.92. The van der Waals surface area contributed by atoms with Gasteiger partial charge in [-0.05, 0) is 12.5 Å². The number of benzene rings is 1. The van der Waals surface area contributed by atoms with Crippen LogP contribution in [-0.2, 0) is 19.9 Å². The van der Waals surface area contributed by atoms with Crippen molar-refractivity contribution in [1.82, 2.24) is 10.6 Å². The highest BCUT2D eigenvalue weighted by Crippen LogP contribution is 2.19. The second-order valence-electron chi connectivity index (χ2n) is 5.01. The number of esters is 1. The van der Waals surface area contributed by atoms with Crippen LogP contribution in [-0.4, -0.2) is 43.3 Å². The monoisotopic (exact) mass is 294 g/mol. The fraction of sp³-hybridized carbons (Fsp3) is 0.467. The lowest BCUT2D eigenvalue weighted by molar-refractivity contribution is -0.144. The Labute approximate surface area is 124 Å². The molecule has 2 atom stereocenters. The predicted octanol–water partition coefficient (Wildman–Crippen LogP) is 0.161. The number of amides is 1. The lowest BCUT2D eigenvalue weighted by Crippen LogP contribution is -2.53. The highest BCUT2D eigenvalue weighted by molar-refractivity contribution is 5.83. The first-order chi connectivity index (χ1) is 9.92. The van der Waals surface area contributed by atoms with E-state index in [0.717, 1.165) is 5.56 Å². The maximum atomic E-state index is 11.6. The van der Waals surface area contributed by atoms with Crippen LogP contribution in [0.25, 0.3) is 0 Å². The number of aliphatic hydroxyl groups is 1. The van der Waals surface area contributed by atoms with Gasteiger partial charge in [0.2, 0.25) is 5.91 Å². The predicted molar refractivity (Wildman–Crippen MR) is 78.5 cm³/mol. The summed E-state index contributed by atoms with van der Waals surface area (Å²) >= 11 is 0. The molecule has 0 fully saturated rings. The van der Waals surface area contributed by atoms with E-state index in [1.165, 1.54) is 14.0 Å². The van der Waals surface area contributed by atoms with E-state index in [4.69, 9.17) is 0 Å². The van der Waals surface area contributed by atoms with Gasteiger partial charge in [0.25, 0.3) is 0 Å². The third-order valence-electron chi connectivity index (χ3n) is 3.29. The first-order valence-electron chi connectivity index (χ1n) is 6.69. The molecule has 0 aliphatic carbocycles. The van der Waals surface area contributed by atoms with Gasteiger partial charge in [-0.1, -0.05) is 30.3 Å². The molecule has 0 saturated carbocycles. The zero-order valence-corrected chi connectivity index (χ0v) is 12.6. The van der Waals surface area contributed by atoms with E-state index in [1.54, 1.807) is 0 Å². The van der Waals surface area contributed by atoms with Gasteiger partial charge in [-0.25, -0.2) is 4.79 Å². The molecule has 0 aromatic heterocycles. The average Bonchev–Trinajstić information content (AvgIpc) is 2.50. The summed E-state index contributed by atoms with van der Waals surface area (Å²) in [6.07, 6.45) is 0. The van der Waals surface area contributed by atoms with Gasteiger partial charge in [0.15, 0.2) is 0 Å². The second-order valence-corrected chi connectivity index (χ2v) is 5.01. The Kier molecular flexibility index (Phi) is 6.33. The molecule has 6 heteroatoms. The van der Waals surface area contributed by atoms with Crippen molar-refractivity contribution in [2.75, 3.05) is 20.3 Å². The molecule has 0 heterocycles. The van der Waals surface area contributed by atoms with Crippen LogP contribution in [0.2, 0.25) is 0 Å². The summed E-state index contributed by atoms with van der Waals surface area (Å²) in [5.41, 5.74) is 0.172. The third kappa shape index (κ3) is 4.84. The maximum absolute atomic E-state index is 11.6. The summed E-state index contributed by atoms with van der Waals surface area (Å²) in [4.78, 5) is 22.8. The lowest BCUT2D eigenvalue weighted by Gasteiger charge is -2.31. The Morgan fingerprint density at radius 1 is 1.33 bits per heavy atom. The van der Waals surface area contributed by atoms with Crippen molar-refractivity contribution in [1.29, 1.82) is 0 Å². The Balaban J connectivity index is 2.80. The van der Waals surface area contributed by atoms with E-state index in [2.05, 4.69) is 15.4 Å². The Morgan fingerprint density at radius 3 is 2.43 bits per heavy atom. The number of nitrogens with one attached hydrogen (secondary N) is 2. The summed E-state index contributed by atoms with van der Waals surface area (Å²) in [5.74, 6) is -0.858. The van der Waals surface area contributed by atoms with Crippen LogP contribution >= 0.6 is 0 Å². The molecule has 1 aromatic rings. The number of hydrogen-bond acceptors (Lipinski definition) is 5. The molecule has 0 aliphatic heterocycles. The van der Waals surface area contributed by atoms with Gasteiger partial charge in [0.05, 0.1) is 19.3 Å². The van der Waals surface area contributed by atoms with Crippen molar-refractivity contribution in [3.63, 3.8) is 0 Å². The second kappa shape index (κ2) is 7.75. The summed E-state index contributed by atoms with van der Waals surface area (Å²) in [6.45, 7) is 3.16. The molecule has 3 N–H and O–H groups in total. The molecule has 116 valence electrons. The SMILES string of the molecule is COC(=O)C(CNC(C)(CO)c1ccccc1)NC(C)=O. The highest BCUT2D eigenvalue weighted by Gasteiger charge is 2.28. The van der Waals surface area contributed by atoms with Crippen LogP contribution in [0.4, 0.5) is 0 Å². The molecule has 1 amide bonds. The van der Waals surface area contributed by atoms with Crippen molar-refractivity contribution in [2.24, 2.45) is 0 Å². The van der Waals surface area contributed by atoms with Crippen molar-refractivity contribution in [3.05, 3.63) is 35.9 Å². The first-order valence-corrected chi connectivity index (χ1v) is 6.69. The van der Waals surface area contributed by atoms with Crippen LogP contribution in [0, 0.1) is 0 Å². The van der Waals surface area contributed by atoms with Crippen LogP contribution in [0.5, 0.6) is 0 Å². The van der Waals surface area contributed by atoms with E-state index in [-0.39, 0.29) is 19.1 Å². The van der Waals surface area contributed by atoms with Crippen LogP contribution < -0.4 is 10.6 Å². The van der Waals surface area contributed by atoms with Crippen LogP contribution in [0.15, 0.2) is 30.3 Å². The van der Waals surface area contributed by atoms with Gasteiger partial charge >= 0.3 is 5.97 Å².